The zero-order valence-electron chi connectivity index (χ0n) is 17.7. The van der Waals surface area contributed by atoms with Crippen LogP contribution in [-0.2, 0) is 14.4 Å². The molecule has 2 aromatic rings. The lowest BCUT2D eigenvalue weighted by Gasteiger charge is -2.24. The molecule has 0 saturated carbocycles. The van der Waals surface area contributed by atoms with Crippen LogP contribution in [0.2, 0.25) is 0 Å². The molecule has 0 bridgehead atoms. The molecule has 1 aromatic heterocycles. The van der Waals surface area contributed by atoms with Gasteiger partial charge in [-0.15, -0.1) is 0 Å². The fourth-order valence-corrected chi connectivity index (χ4v) is 3.81. The number of para-hydroxylation sites is 1. The van der Waals surface area contributed by atoms with Crippen molar-refractivity contribution in [1.29, 1.82) is 0 Å². The van der Waals surface area contributed by atoms with Crippen LogP contribution in [0.5, 0.6) is 0 Å². The lowest BCUT2D eigenvalue weighted by molar-refractivity contribution is -0.130. The van der Waals surface area contributed by atoms with Crippen LogP contribution in [0.3, 0.4) is 0 Å². The Bertz CT molecular complexity index is 950. The number of rotatable bonds is 9. The second-order valence-corrected chi connectivity index (χ2v) is 8.40. The standard InChI is InChI=1S/C22H29N5O4/c1-12(2)9-17(27-22(31)18-10-13-5-3-4-6-15(13)25-18)21(30)26-16(19(23)28)11-14-7-8-24-20(14)29/h3-6,10,12,14,16-17,25H,7-9,11H2,1-2H3,(H2,23,28)(H,24,29)(H,26,30)(H,27,31)/t14-,16-,17-/m0/s1. The zero-order chi connectivity index (χ0) is 22.5. The van der Waals surface area contributed by atoms with Crippen molar-refractivity contribution in [3.8, 4) is 0 Å². The molecule has 9 heteroatoms. The third-order valence-electron chi connectivity index (χ3n) is 5.45. The van der Waals surface area contributed by atoms with Gasteiger partial charge in [-0.25, -0.2) is 0 Å². The molecule has 1 fully saturated rings. The number of aromatic nitrogens is 1. The molecule has 9 nitrogen and oxygen atoms in total. The van der Waals surface area contributed by atoms with Gasteiger partial charge in [0.2, 0.25) is 17.7 Å². The van der Waals surface area contributed by atoms with E-state index in [2.05, 4.69) is 20.9 Å². The summed E-state index contributed by atoms with van der Waals surface area (Å²) in [5.41, 5.74) is 6.63. The van der Waals surface area contributed by atoms with Crippen LogP contribution in [0.15, 0.2) is 30.3 Å². The van der Waals surface area contributed by atoms with Crippen LogP contribution in [0.25, 0.3) is 10.9 Å². The average Bonchev–Trinajstić information content (AvgIpc) is 3.32. The minimum absolute atomic E-state index is 0.117. The SMILES string of the molecule is CC(C)C[C@H](NC(=O)c1cc2ccccc2[nH]1)C(=O)N[C@@H](C[C@@H]1CCNC1=O)C(N)=O. The number of nitrogens with one attached hydrogen (secondary N) is 4. The maximum atomic E-state index is 12.9. The molecule has 6 N–H and O–H groups in total. The van der Waals surface area contributed by atoms with Gasteiger partial charge in [0.25, 0.3) is 5.91 Å². The fourth-order valence-electron chi connectivity index (χ4n) is 3.81. The Morgan fingerprint density at radius 3 is 2.52 bits per heavy atom. The predicted octanol–water partition coefficient (Wildman–Crippen LogP) is 0.809. The molecule has 3 rings (SSSR count). The van der Waals surface area contributed by atoms with Crippen LogP contribution in [0.1, 0.15) is 43.6 Å². The Hall–Kier alpha value is -3.36. The van der Waals surface area contributed by atoms with Crippen molar-refractivity contribution in [1.82, 2.24) is 20.9 Å². The van der Waals surface area contributed by atoms with Crippen molar-refractivity contribution in [2.75, 3.05) is 6.54 Å². The average molecular weight is 428 g/mol. The van der Waals surface area contributed by atoms with Gasteiger partial charge >= 0.3 is 0 Å². The van der Waals surface area contributed by atoms with E-state index in [4.69, 9.17) is 5.73 Å². The summed E-state index contributed by atoms with van der Waals surface area (Å²) in [6, 6.07) is 7.38. The molecular weight excluding hydrogens is 398 g/mol. The maximum Gasteiger partial charge on any atom is 0.268 e. The Kier molecular flexibility index (Phi) is 6.94. The van der Waals surface area contributed by atoms with Gasteiger partial charge in [-0.05, 0) is 37.3 Å². The molecule has 0 unspecified atom stereocenters. The van der Waals surface area contributed by atoms with E-state index in [0.29, 0.717) is 25.1 Å². The summed E-state index contributed by atoms with van der Waals surface area (Å²) >= 11 is 0. The van der Waals surface area contributed by atoms with Gasteiger partial charge in [-0.2, -0.15) is 0 Å². The molecule has 1 aliphatic heterocycles. The molecule has 4 amide bonds. The Morgan fingerprint density at radius 2 is 1.90 bits per heavy atom. The monoisotopic (exact) mass is 427 g/mol. The van der Waals surface area contributed by atoms with E-state index in [1.165, 1.54) is 0 Å². The van der Waals surface area contributed by atoms with Gasteiger partial charge in [-0.3, -0.25) is 19.2 Å². The second-order valence-electron chi connectivity index (χ2n) is 8.40. The van der Waals surface area contributed by atoms with Crippen LogP contribution in [-0.4, -0.2) is 47.2 Å². The van der Waals surface area contributed by atoms with Crippen molar-refractivity contribution in [3.63, 3.8) is 0 Å². The highest BCUT2D eigenvalue weighted by Crippen LogP contribution is 2.17. The van der Waals surface area contributed by atoms with Gasteiger partial charge < -0.3 is 26.7 Å². The molecule has 0 radical (unpaired) electrons. The van der Waals surface area contributed by atoms with Gasteiger partial charge in [-0.1, -0.05) is 32.0 Å². The number of carbonyl (C=O) groups is 4. The van der Waals surface area contributed by atoms with E-state index in [1.807, 2.05) is 38.1 Å². The van der Waals surface area contributed by atoms with Crippen molar-refractivity contribution in [2.24, 2.45) is 17.6 Å². The Balaban J connectivity index is 1.70. The first-order chi connectivity index (χ1) is 14.7. The number of hydrogen-bond acceptors (Lipinski definition) is 4. The van der Waals surface area contributed by atoms with Gasteiger partial charge in [0.05, 0.1) is 0 Å². The largest absolute Gasteiger partial charge is 0.368 e. The van der Waals surface area contributed by atoms with E-state index in [-0.39, 0.29) is 24.2 Å². The van der Waals surface area contributed by atoms with Gasteiger partial charge in [0.1, 0.15) is 17.8 Å². The summed E-state index contributed by atoms with van der Waals surface area (Å²) in [6.45, 7) is 4.41. The minimum atomic E-state index is -0.985. The first-order valence-electron chi connectivity index (χ1n) is 10.5. The molecule has 1 saturated heterocycles. The van der Waals surface area contributed by atoms with E-state index in [0.717, 1.165) is 10.9 Å². The molecule has 0 spiro atoms. The van der Waals surface area contributed by atoms with Crippen molar-refractivity contribution in [3.05, 3.63) is 36.0 Å². The summed E-state index contributed by atoms with van der Waals surface area (Å²) in [5, 5.41) is 8.99. The normalized spacial score (nSPS) is 17.9. The van der Waals surface area contributed by atoms with Crippen molar-refractivity contribution < 1.29 is 19.2 Å². The van der Waals surface area contributed by atoms with Crippen LogP contribution in [0.4, 0.5) is 0 Å². The van der Waals surface area contributed by atoms with E-state index >= 15 is 0 Å². The molecule has 166 valence electrons. The highest BCUT2D eigenvalue weighted by molar-refractivity contribution is 6.00. The first-order valence-corrected chi connectivity index (χ1v) is 10.5. The van der Waals surface area contributed by atoms with Gasteiger partial charge in [0.15, 0.2) is 0 Å². The molecule has 3 atom stereocenters. The summed E-state index contributed by atoms with van der Waals surface area (Å²) in [5.74, 6) is -2.03. The lowest BCUT2D eigenvalue weighted by atomic mass is 9.97. The molecule has 1 aliphatic rings. The summed E-state index contributed by atoms with van der Waals surface area (Å²) in [4.78, 5) is 52.5. The van der Waals surface area contributed by atoms with E-state index in [9.17, 15) is 19.2 Å². The Morgan fingerprint density at radius 1 is 1.16 bits per heavy atom. The number of fused-ring (bicyclic) bond motifs is 1. The summed E-state index contributed by atoms with van der Waals surface area (Å²) in [7, 11) is 0. The molecular formula is C22H29N5O4. The Labute approximate surface area is 180 Å². The maximum absolute atomic E-state index is 12.9. The van der Waals surface area contributed by atoms with E-state index < -0.39 is 29.8 Å². The predicted molar refractivity (Wildman–Crippen MR) is 116 cm³/mol. The number of H-pyrrole nitrogens is 1. The highest BCUT2D eigenvalue weighted by atomic mass is 16.2. The number of aromatic amines is 1. The smallest absolute Gasteiger partial charge is 0.268 e. The zero-order valence-corrected chi connectivity index (χ0v) is 17.7. The summed E-state index contributed by atoms with van der Waals surface area (Å²) in [6.07, 6.45) is 1.11. The van der Waals surface area contributed by atoms with Gasteiger partial charge in [0, 0.05) is 23.4 Å². The lowest BCUT2D eigenvalue weighted by Crippen LogP contribution is -2.54. The number of benzene rings is 1. The van der Waals surface area contributed by atoms with Crippen molar-refractivity contribution >= 4 is 34.5 Å². The van der Waals surface area contributed by atoms with Crippen LogP contribution in [0, 0.1) is 11.8 Å². The third-order valence-corrected chi connectivity index (χ3v) is 5.45. The summed E-state index contributed by atoms with van der Waals surface area (Å²) < 4.78 is 0. The van der Waals surface area contributed by atoms with Crippen molar-refractivity contribution in [2.45, 2.75) is 45.2 Å². The number of carbonyl (C=O) groups excluding carboxylic acids is 4. The molecule has 1 aromatic carbocycles. The molecule has 2 heterocycles. The third kappa shape index (κ3) is 5.62. The minimum Gasteiger partial charge on any atom is -0.368 e. The second kappa shape index (κ2) is 9.63. The van der Waals surface area contributed by atoms with Crippen LogP contribution >= 0.6 is 0 Å². The topological polar surface area (TPSA) is 146 Å². The first kappa shape index (κ1) is 22.3. The molecule has 0 aliphatic carbocycles. The molecule has 31 heavy (non-hydrogen) atoms. The number of hydrogen-bond donors (Lipinski definition) is 5. The highest BCUT2D eigenvalue weighted by Gasteiger charge is 2.32. The number of nitrogens with two attached hydrogens (primary N) is 1. The fraction of sp³-hybridized carbons (Fsp3) is 0.455. The number of amides is 4. The van der Waals surface area contributed by atoms with E-state index in [1.54, 1.807) is 6.07 Å². The quantitative estimate of drug-likeness (QED) is 0.403. The number of primary amides is 1. The van der Waals surface area contributed by atoms with Crippen LogP contribution < -0.4 is 21.7 Å².